The third-order valence-corrected chi connectivity index (χ3v) is 9.70. The molecule has 3 aromatic carbocycles. The van der Waals surface area contributed by atoms with Crippen molar-refractivity contribution < 1.29 is 19.1 Å². The summed E-state index contributed by atoms with van der Waals surface area (Å²) in [7, 11) is 0. The molecule has 3 heterocycles. The van der Waals surface area contributed by atoms with Gasteiger partial charge in [0, 0.05) is 29.5 Å². The molecule has 2 fully saturated rings. The van der Waals surface area contributed by atoms with E-state index in [1.807, 2.05) is 53.7 Å². The van der Waals surface area contributed by atoms with E-state index in [1.165, 1.54) is 0 Å². The van der Waals surface area contributed by atoms with Gasteiger partial charge in [0.05, 0.1) is 17.1 Å². The van der Waals surface area contributed by atoms with Crippen molar-refractivity contribution >= 4 is 45.6 Å². The Labute approximate surface area is 297 Å². The van der Waals surface area contributed by atoms with Crippen LogP contribution < -0.4 is 5.32 Å². The van der Waals surface area contributed by atoms with Gasteiger partial charge in [-0.3, -0.25) is 4.90 Å². The van der Waals surface area contributed by atoms with Crippen LogP contribution >= 0.6 is 11.6 Å². The number of amides is 2. The number of H-pyrrole nitrogens is 2. The fourth-order valence-electron chi connectivity index (χ4n) is 7.22. The summed E-state index contributed by atoms with van der Waals surface area (Å²) in [4.78, 5) is 43.9. The van der Waals surface area contributed by atoms with E-state index >= 15 is 0 Å². The third kappa shape index (κ3) is 7.03. The van der Waals surface area contributed by atoms with Crippen molar-refractivity contribution in [3.8, 4) is 22.4 Å². The number of carbonyl (C=O) groups is 2. The summed E-state index contributed by atoms with van der Waals surface area (Å²) >= 11 is 6.70. The molecule has 11 heteroatoms. The summed E-state index contributed by atoms with van der Waals surface area (Å²) in [6.07, 6.45) is 3.79. The molecular weight excluding hydrogens is 652 g/mol. The molecule has 7 rings (SSSR count). The van der Waals surface area contributed by atoms with Crippen molar-refractivity contribution in [1.82, 2.24) is 30.2 Å². The summed E-state index contributed by atoms with van der Waals surface area (Å²) in [6, 6.07) is 18.6. The minimum atomic E-state index is -0.558. The second-order valence-corrected chi connectivity index (χ2v) is 15.9. The number of aromatic nitrogens is 4. The summed E-state index contributed by atoms with van der Waals surface area (Å²) < 4.78 is 11.2. The number of hydrogen-bond acceptors (Lipinski definition) is 6. The number of rotatable bonds is 5. The molecule has 1 aliphatic heterocycles. The van der Waals surface area contributed by atoms with Gasteiger partial charge in [0.1, 0.15) is 33.7 Å². The van der Waals surface area contributed by atoms with Gasteiger partial charge in [-0.1, -0.05) is 60.5 Å². The van der Waals surface area contributed by atoms with Crippen molar-refractivity contribution in [3.05, 3.63) is 71.4 Å². The Morgan fingerprint density at radius 3 is 2.28 bits per heavy atom. The summed E-state index contributed by atoms with van der Waals surface area (Å²) in [5.41, 5.74) is 4.49. The zero-order chi connectivity index (χ0) is 35.4. The van der Waals surface area contributed by atoms with E-state index in [0.717, 1.165) is 82.2 Å². The number of alkyl carbamates (subject to hydrolysis) is 1. The molecule has 0 radical (unpaired) electrons. The van der Waals surface area contributed by atoms with Crippen LogP contribution in [0.1, 0.15) is 97.3 Å². The van der Waals surface area contributed by atoms with E-state index in [9.17, 15) is 9.59 Å². The van der Waals surface area contributed by atoms with E-state index < -0.39 is 17.3 Å². The smallest absolute Gasteiger partial charge is 0.410 e. The number of imidazole rings is 2. The Hall–Kier alpha value is -4.57. The van der Waals surface area contributed by atoms with Gasteiger partial charge in [-0.05, 0) is 95.9 Å². The number of halogens is 1. The van der Waals surface area contributed by atoms with Crippen molar-refractivity contribution in [1.29, 1.82) is 0 Å². The lowest BCUT2D eigenvalue weighted by atomic mass is 9.99. The van der Waals surface area contributed by atoms with Gasteiger partial charge in [-0.15, -0.1) is 0 Å². The summed E-state index contributed by atoms with van der Waals surface area (Å²) in [5, 5.41) is 5.65. The fourth-order valence-corrected chi connectivity index (χ4v) is 7.47. The van der Waals surface area contributed by atoms with E-state index in [1.54, 1.807) is 4.90 Å². The van der Waals surface area contributed by atoms with E-state index in [4.69, 9.17) is 31.0 Å². The number of ether oxygens (including phenoxy) is 2. The maximum atomic E-state index is 12.9. The minimum absolute atomic E-state index is 0.0322. The highest BCUT2D eigenvalue weighted by Gasteiger charge is 2.36. The molecule has 1 aliphatic carbocycles. The summed E-state index contributed by atoms with van der Waals surface area (Å²) in [6.45, 7) is 11.9. The van der Waals surface area contributed by atoms with Gasteiger partial charge < -0.3 is 24.8 Å². The molecular formula is C39H45ClN6O4. The van der Waals surface area contributed by atoms with Crippen LogP contribution in [-0.2, 0) is 9.47 Å². The fraction of sp³-hybridized carbons (Fsp3) is 0.436. The summed E-state index contributed by atoms with van der Waals surface area (Å²) in [5.74, 6) is 1.60. The first-order chi connectivity index (χ1) is 23.7. The number of hydrogen-bond donors (Lipinski definition) is 3. The van der Waals surface area contributed by atoms with Crippen LogP contribution in [0.4, 0.5) is 9.59 Å². The van der Waals surface area contributed by atoms with Crippen molar-refractivity contribution in [2.75, 3.05) is 6.54 Å². The topological polar surface area (TPSA) is 125 Å². The predicted molar refractivity (Wildman–Crippen MR) is 196 cm³/mol. The van der Waals surface area contributed by atoms with Gasteiger partial charge in [0.15, 0.2) is 0 Å². The Balaban J connectivity index is 1.09. The predicted octanol–water partition coefficient (Wildman–Crippen LogP) is 9.66. The first-order valence-electron chi connectivity index (χ1n) is 17.5. The van der Waals surface area contributed by atoms with Gasteiger partial charge in [0.2, 0.25) is 0 Å². The molecule has 262 valence electrons. The number of likely N-dealkylation sites (tertiary alicyclic amines) is 1. The highest BCUT2D eigenvalue weighted by atomic mass is 35.5. The third-order valence-electron chi connectivity index (χ3n) is 9.42. The lowest BCUT2D eigenvalue weighted by molar-refractivity contribution is 0.0218. The molecule has 10 nitrogen and oxygen atoms in total. The maximum absolute atomic E-state index is 12.9. The first-order valence-corrected chi connectivity index (χ1v) is 17.9. The number of benzene rings is 3. The van der Waals surface area contributed by atoms with Gasteiger partial charge >= 0.3 is 12.2 Å². The quantitative estimate of drug-likeness (QED) is 0.168. The van der Waals surface area contributed by atoms with Crippen LogP contribution in [0.3, 0.4) is 0 Å². The Bertz CT molecular complexity index is 2060. The van der Waals surface area contributed by atoms with Crippen LogP contribution in [0, 0.1) is 0 Å². The monoisotopic (exact) mass is 696 g/mol. The van der Waals surface area contributed by atoms with Crippen LogP contribution in [0.25, 0.3) is 44.2 Å². The zero-order valence-corrected chi connectivity index (χ0v) is 30.3. The number of carbonyl (C=O) groups excluding carboxylic acids is 2. The van der Waals surface area contributed by atoms with E-state index in [2.05, 4.69) is 57.7 Å². The van der Waals surface area contributed by atoms with Gasteiger partial charge in [-0.2, -0.15) is 0 Å². The lowest BCUT2D eigenvalue weighted by Crippen LogP contribution is -2.40. The van der Waals surface area contributed by atoms with Crippen LogP contribution in [-0.4, -0.2) is 60.8 Å². The molecule has 1 saturated heterocycles. The van der Waals surface area contributed by atoms with Crippen LogP contribution in [0.15, 0.2) is 54.6 Å². The zero-order valence-electron chi connectivity index (χ0n) is 29.5. The van der Waals surface area contributed by atoms with Crippen LogP contribution in [0.5, 0.6) is 0 Å². The second kappa shape index (κ2) is 13.0. The molecule has 3 atom stereocenters. The molecule has 0 bridgehead atoms. The van der Waals surface area contributed by atoms with Crippen molar-refractivity contribution in [2.45, 2.75) is 103 Å². The minimum Gasteiger partial charge on any atom is -0.444 e. The normalized spacial score (nSPS) is 19.7. The Kier molecular flexibility index (Phi) is 8.78. The van der Waals surface area contributed by atoms with Crippen molar-refractivity contribution in [2.24, 2.45) is 0 Å². The van der Waals surface area contributed by atoms with Crippen molar-refractivity contribution in [3.63, 3.8) is 0 Å². The highest BCUT2D eigenvalue weighted by molar-refractivity contribution is 6.31. The number of aromatic amines is 2. The van der Waals surface area contributed by atoms with Crippen LogP contribution in [0.2, 0.25) is 5.15 Å². The average molecular weight is 697 g/mol. The molecule has 1 saturated carbocycles. The van der Waals surface area contributed by atoms with E-state index in [0.29, 0.717) is 17.4 Å². The molecule has 5 aromatic rings. The molecule has 2 aromatic heterocycles. The second-order valence-electron chi connectivity index (χ2n) is 15.5. The number of fused-ring (bicyclic) bond motifs is 3. The van der Waals surface area contributed by atoms with Gasteiger partial charge in [0.25, 0.3) is 0 Å². The molecule has 2 amide bonds. The molecule has 3 N–H and O–H groups in total. The molecule has 1 unspecified atom stereocenters. The standard InChI is InChI=1S/C39H45ClN6O4/c1-38(2,3)49-36(47)42-28-10-7-9-27(28)34-43-31(33(40)45-34)23-14-12-22(13-15-23)24-16-18-26-25(21-24)17-19-29-32(26)44-35(41-29)30-11-8-20-46(30)37(48)50-39(4,5)6/h12-19,21,27-28,30H,7-11,20H2,1-6H3,(H,41,44)(H,42,47)(H,43,45)/t27-,28-,30?/m0/s1. The molecule has 0 spiro atoms. The maximum Gasteiger partial charge on any atom is 0.410 e. The SMILES string of the molecule is CC(C)(C)OC(=O)N[C@H]1CCC[C@@H]1c1nc(-c2ccc(-c3ccc4c(ccc5[nH]c(C6CCCN6C(=O)OC(C)(C)C)nc54)c3)cc2)c(Cl)[nH]1. The molecule has 50 heavy (non-hydrogen) atoms. The number of nitrogens with zero attached hydrogens (tertiary/aromatic N) is 3. The average Bonchev–Trinajstić information content (AvgIpc) is 3.85. The Morgan fingerprint density at radius 1 is 0.820 bits per heavy atom. The number of nitrogens with one attached hydrogen (secondary N) is 3. The lowest BCUT2D eigenvalue weighted by Gasteiger charge is -2.27. The van der Waals surface area contributed by atoms with Gasteiger partial charge in [-0.25, -0.2) is 19.6 Å². The van der Waals surface area contributed by atoms with E-state index in [-0.39, 0.29) is 24.1 Å². The first kappa shape index (κ1) is 33.9. The Morgan fingerprint density at radius 2 is 1.54 bits per heavy atom. The molecule has 2 aliphatic rings. The largest absolute Gasteiger partial charge is 0.444 e. The highest BCUT2D eigenvalue weighted by Crippen LogP contribution is 2.38.